The standard InChI is InChI=1S/C13H18N6OS/c1-18(2)11-6-4-10(5-7-11)8-14-12(20)9-21-13-15-16-17-19(13)3/h4-7H,8-9H2,1-3H3,(H,14,20). The van der Waals surface area contributed by atoms with Crippen LogP contribution in [-0.2, 0) is 18.4 Å². The SMILES string of the molecule is CN(C)c1ccc(CNC(=O)CSc2nnnn2C)cc1. The van der Waals surface area contributed by atoms with E-state index >= 15 is 0 Å². The van der Waals surface area contributed by atoms with E-state index in [0.29, 0.717) is 17.5 Å². The van der Waals surface area contributed by atoms with E-state index in [0.717, 1.165) is 11.3 Å². The van der Waals surface area contributed by atoms with Crippen LogP contribution in [0.2, 0.25) is 0 Å². The Hall–Kier alpha value is -2.09. The molecule has 1 heterocycles. The van der Waals surface area contributed by atoms with Crippen LogP contribution in [0.4, 0.5) is 5.69 Å². The van der Waals surface area contributed by atoms with Gasteiger partial charge in [0.15, 0.2) is 0 Å². The number of anilines is 1. The zero-order chi connectivity index (χ0) is 15.2. The predicted octanol–water partition coefficient (Wildman–Crippen LogP) is 0.685. The first-order valence-electron chi connectivity index (χ1n) is 6.44. The van der Waals surface area contributed by atoms with Crippen LogP contribution in [0.15, 0.2) is 29.4 Å². The summed E-state index contributed by atoms with van der Waals surface area (Å²) >= 11 is 1.31. The molecule has 8 heteroatoms. The van der Waals surface area contributed by atoms with Gasteiger partial charge in [-0.25, -0.2) is 4.68 Å². The number of nitrogens with one attached hydrogen (secondary N) is 1. The Balaban J connectivity index is 1.77. The van der Waals surface area contributed by atoms with Crippen LogP contribution in [0.1, 0.15) is 5.56 Å². The van der Waals surface area contributed by atoms with Gasteiger partial charge in [0.1, 0.15) is 0 Å². The van der Waals surface area contributed by atoms with Gasteiger partial charge in [-0.05, 0) is 28.1 Å². The van der Waals surface area contributed by atoms with Gasteiger partial charge in [-0.15, -0.1) is 5.10 Å². The summed E-state index contributed by atoms with van der Waals surface area (Å²) in [5.74, 6) is 0.254. The summed E-state index contributed by atoms with van der Waals surface area (Å²) in [5.41, 5.74) is 2.20. The van der Waals surface area contributed by atoms with Crippen molar-refractivity contribution < 1.29 is 4.79 Å². The molecule has 1 aromatic heterocycles. The first-order valence-corrected chi connectivity index (χ1v) is 7.43. The predicted molar refractivity (Wildman–Crippen MR) is 82.1 cm³/mol. The molecular formula is C13H18N6OS. The van der Waals surface area contributed by atoms with Gasteiger partial charge in [0.25, 0.3) is 0 Å². The second kappa shape index (κ2) is 7.07. The number of aromatic nitrogens is 4. The molecule has 0 aliphatic heterocycles. The molecule has 0 bridgehead atoms. The van der Waals surface area contributed by atoms with E-state index in [1.165, 1.54) is 16.4 Å². The number of amides is 1. The van der Waals surface area contributed by atoms with Gasteiger partial charge in [0, 0.05) is 33.4 Å². The minimum absolute atomic E-state index is 0.0420. The average Bonchev–Trinajstić information content (AvgIpc) is 2.88. The third-order valence-electron chi connectivity index (χ3n) is 2.86. The summed E-state index contributed by atoms with van der Waals surface area (Å²) in [6.45, 7) is 0.518. The van der Waals surface area contributed by atoms with Gasteiger partial charge in [0.05, 0.1) is 5.75 Å². The van der Waals surface area contributed by atoms with E-state index in [9.17, 15) is 4.79 Å². The quantitative estimate of drug-likeness (QED) is 0.791. The molecular weight excluding hydrogens is 288 g/mol. The summed E-state index contributed by atoms with van der Waals surface area (Å²) in [5, 5.41) is 14.5. The van der Waals surface area contributed by atoms with Crippen LogP contribution in [0.25, 0.3) is 0 Å². The molecule has 0 aliphatic rings. The Labute approximate surface area is 127 Å². The number of nitrogens with zero attached hydrogens (tertiary/aromatic N) is 5. The molecule has 0 aliphatic carbocycles. The topological polar surface area (TPSA) is 75.9 Å². The van der Waals surface area contributed by atoms with Crippen molar-refractivity contribution in [2.75, 3.05) is 24.7 Å². The fraction of sp³-hybridized carbons (Fsp3) is 0.385. The third-order valence-corrected chi connectivity index (χ3v) is 3.87. The first-order chi connectivity index (χ1) is 10.1. The molecule has 0 fully saturated rings. The number of hydrogen-bond donors (Lipinski definition) is 1. The minimum atomic E-state index is -0.0420. The van der Waals surface area contributed by atoms with Crippen LogP contribution in [-0.4, -0.2) is 46.0 Å². The molecule has 0 atom stereocenters. The van der Waals surface area contributed by atoms with E-state index in [4.69, 9.17) is 0 Å². The van der Waals surface area contributed by atoms with E-state index in [2.05, 4.69) is 20.8 Å². The highest BCUT2D eigenvalue weighted by Gasteiger charge is 2.07. The highest BCUT2D eigenvalue weighted by molar-refractivity contribution is 7.99. The van der Waals surface area contributed by atoms with Crippen molar-refractivity contribution in [1.29, 1.82) is 0 Å². The van der Waals surface area contributed by atoms with Crippen LogP contribution in [0, 0.1) is 0 Å². The number of carbonyl (C=O) groups is 1. The van der Waals surface area contributed by atoms with Crippen molar-refractivity contribution in [3.63, 3.8) is 0 Å². The van der Waals surface area contributed by atoms with Crippen LogP contribution >= 0.6 is 11.8 Å². The molecule has 0 radical (unpaired) electrons. The van der Waals surface area contributed by atoms with Crippen molar-refractivity contribution in [1.82, 2.24) is 25.5 Å². The Kier molecular flexibility index (Phi) is 5.15. The van der Waals surface area contributed by atoms with Crippen molar-refractivity contribution in [2.45, 2.75) is 11.7 Å². The average molecular weight is 306 g/mol. The molecule has 112 valence electrons. The molecule has 7 nitrogen and oxygen atoms in total. The second-order valence-electron chi connectivity index (χ2n) is 4.71. The summed E-state index contributed by atoms with van der Waals surface area (Å²) in [6.07, 6.45) is 0. The molecule has 0 spiro atoms. The monoisotopic (exact) mass is 306 g/mol. The molecule has 1 N–H and O–H groups in total. The second-order valence-corrected chi connectivity index (χ2v) is 5.65. The highest BCUT2D eigenvalue weighted by atomic mass is 32.2. The maximum atomic E-state index is 11.8. The van der Waals surface area contributed by atoms with Gasteiger partial charge in [-0.2, -0.15) is 0 Å². The molecule has 0 saturated heterocycles. The lowest BCUT2D eigenvalue weighted by molar-refractivity contribution is -0.118. The van der Waals surface area contributed by atoms with Crippen LogP contribution in [0.3, 0.4) is 0 Å². The van der Waals surface area contributed by atoms with Crippen molar-refractivity contribution in [2.24, 2.45) is 7.05 Å². The van der Waals surface area contributed by atoms with Crippen molar-refractivity contribution in [3.8, 4) is 0 Å². The molecule has 1 aromatic carbocycles. The van der Waals surface area contributed by atoms with E-state index < -0.39 is 0 Å². The number of hydrogen-bond acceptors (Lipinski definition) is 6. The Morgan fingerprint density at radius 2 is 2.05 bits per heavy atom. The third kappa shape index (κ3) is 4.45. The van der Waals surface area contributed by atoms with Crippen LogP contribution in [0.5, 0.6) is 0 Å². The molecule has 21 heavy (non-hydrogen) atoms. The van der Waals surface area contributed by atoms with Crippen LogP contribution < -0.4 is 10.2 Å². The molecule has 0 saturated carbocycles. The zero-order valence-electron chi connectivity index (χ0n) is 12.3. The molecule has 0 unspecified atom stereocenters. The number of thioether (sulfide) groups is 1. The fourth-order valence-electron chi connectivity index (χ4n) is 1.64. The lowest BCUT2D eigenvalue weighted by Gasteiger charge is -2.12. The molecule has 2 rings (SSSR count). The summed E-state index contributed by atoms with van der Waals surface area (Å²) in [4.78, 5) is 13.8. The van der Waals surface area contributed by atoms with E-state index in [1.54, 1.807) is 7.05 Å². The lowest BCUT2D eigenvalue weighted by atomic mass is 10.2. The van der Waals surface area contributed by atoms with Crippen molar-refractivity contribution >= 4 is 23.4 Å². The smallest absolute Gasteiger partial charge is 0.230 e. The zero-order valence-corrected chi connectivity index (χ0v) is 13.1. The molecule has 1 amide bonds. The first kappa shape index (κ1) is 15.3. The Morgan fingerprint density at radius 1 is 1.33 bits per heavy atom. The maximum absolute atomic E-state index is 11.8. The van der Waals surface area contributed by atoms with Crippen molar-refractivity contribution in [3.05, 3.63) is 29.8 Å². The number of rotatable bonds is 6. The summed E-state index contributed by atoms with van der Waals surface area (Å²) in [6, 6.07) is 8.08. The highest BCUT2D eigenvalue weighted by Crippen LogP contribution is 2.13. The van der Waals surface area contributed by atoms with E-state index in [1.807, 2.05) is 43.3 Å². The van der Waals surface area contributed by atoms with Gasteiger partial charge >= 0.3 is 0 Å². The summed E-state index contributed by atoms with van der Waals surface area (Å²) < 4.78 is 1.54. The Morgan fingerprint density at radius 3 is 2.62 bits per heavy atom. The van der Waals surface area contributed by atoms with Gasteiger partial charge in [-0.1, -0.05) is 23.9 Å². The largest absolute Gasteiger partial charge is 0.378 e. The minimum Gasteiger partial charge on any atom is -0.378 e. The molecule has 2 aromatic rings. The fourth-order valence-corrected chi connectivity index (χ4v) is 2.32. The normalized spacial score (nSPS) is 10.4. The van der Waals surface area contributed by atoms with Gasteiger partial charge in [-0.3, -0.25) is 4.79 Å². The van der Waals surface area contributed by atoms with Gasteiger partial charge in [0.2, 0.25) is 11.1 Å². The Bertz CT molecular complexity index is 595. The lowest BCUT2D eigenvalue weighted by Crippen LogP contribution is -2.24. The number of aryl methyl sites for hydroxylation is 1. The number of tetrazole rings is 1. The van der Waals surface area contributed by atoms with E-state index in [-0.39, 0.29) is 5.91 Å². The maximum Gasteiger partial charge on any atom is 0.230 e. The summed E-state index contributed by atoms with van der Waals surface area (Å²) in [7, 11) is 5.73. The number of carbonyl (C=O) groups excluding carboxylic acids is 1. The van der Waals surface area contributed by atoms with Gasteiger partial charge < -0.3 is 10.2 Å². The number of benzene rings is 1.